The Hall–Kier alpha value is -3.80. The lowest BCUT2D eigenvalue weighted by Gasteiger charge is -2.12. The van der Waals surface area contributed by atoms with Crippen LogP contribution in [0.15, 0.2) is 83.1 Å². The summed E-state index contributed by atoms with van der Waals surface area (Å²) in [4.78, 5) is 25.4. The topological polar surface area (TPSA) is 80.6 Å². The summed E-state index contributed by atoms with van der Waals surface area (Å²) in [5.41, 5.74) is 1.25. The molecule has 148 valence electrons. The molecule has 1 aromatic heterocycles. The molecule has 0 radical (unpaired) electrons. The molecule has 0 saturated carbocycles. The van der Waals surface area contributed by atoms with E-state index in [1.54, 1.807) is 42.5 Å². The van der Waals surface area contributed by atoms with Crippen LogP contribution in [0.5, 0.6) is 5.75 Å². The monoisotopic (exact) mass is 390 g/mol. The van der Waals surface area contributed by atoms with Gasteiger partial charge >= 0.3 is 0 Å². The molecule has 2 aromatic carbocycles. The van der Waals surface area contributed by atoms with Gasteiger partial charge < -0.3 is 19.8 Å². The van der Waals surface area contributed by atoms with Gasteiger partial charge in [-0.2, -0.15) is 0 Å². The zero-order chi connectivity index (χ0) is 20.5. The number of rotatable bonds is 8. The maximum absolute atomic E-state index is 12.8. The molecular weight excluding hydrogens is 368 g/mol. The van der Waals surface area contributed by atoms with E-state index in [-0.39, 0.29) is 18.1 Å². The molecular formula is C23H22N2O4. The number of para-hydroxylation sites is 1. The second-order valence-electron chi connectivity index (χ2n) is 6.11. The molecule has 3 rings (SSSR count). The van der Waals surface area contributed by atoms with Crippen molar-refractivity contribution < 1.29 is 18.7 Å². The highest BCUT2D eigenvalue weighted by Crippen LogP contribution is 2.21. The van der Waals surface area contributed by atoms with Crippen LogP contribution in [0.1, 0.15) is 28.6 Å². The number of furan rings is 1. The second kappa shape index (κ2) is 9.94. The summed E-state index contributed by atoms with van der Waals surface area (Å²) >= 11 is 0. The molecule has 0 saturated heterocycles. The standard InChI is InChI=1S/C23H22N2O4/c1-2-28-21-13-7-6-11-18(21)15-20(23(27)24-16-19-12-8-14-29-19)25-22(26)17-9-4-3-5-10-17/h3-15H,2,16H2,1H3,(H,24,27)(H,25,26)/b20-15-. The molecule has 29 heavy (non-hydrogen) atoms. The predicted molar refractivity (Wildman–Crippen MR) is 110 cm³/mol. The Balaban J connectivity index is 1.86. The summed E-state index contributed by atoms with van der Waals surface area (Å²) in [6.07, 6.45) is 3.14. The number of amides is 2. The zero-order valence-electron chi connectivity index (χ0n) is 16.1. The average molecular weight is 390 g/mol. The van der Waals surface area contributed by atoms with E-state index in [1.807, 2.05) is 37.3 Å². The van der Waals surface area contributed by atoms with Crippen molar-refractivity contribution in [1.82, 2.24) is 10.6 Å². The molecule has 0 spiro atoms. The number of carbonyl (C=O) groups is 2. The molecule has 0 bridgehead atoms. The van der Waals surface area contributed by atoms with Crippen molar-refractivity contribution >= 4 is 17.9 Å². The summed E-state index contributed by atoms with van der Waals surface area (Å²) < 4.78 is 10.9. The van der Waals surface area contributed by atoms with Crippen molar-refractivity contribution in [1.29, 1.82) is 0 Å². The number of carbonyl (C=O) groups excluding carboxylic acids is 2. The van der Waals surface area contributed by atoms with Crippen molar-refractivity contribution in [2.24, 2.45) is 0 Å². The SMILES string of the molecule is CCOc1ccccc1/C=C(\NC(=O)c1ccccc1)C(=O)NCc1ccco1. The fourth-order valence-corrected chi connectivity index (χ4v) is 2.66. The smallest absolute Gasteiger partial charge is 0.268 e. The van der Waals surface area contributed by atoms with Crippen LogP contribution in [0.25, 0.3) is 6.08 Å². The van der Waals surface area contributed by atoms with Crippen molar-refractivity contribution in [2.45, 2.75) is 13.5 Å². The second-order valence-corrected chi connectivity index (χ2v) is 6.11. The Morgan fingerprint density at radius 2 is 1.76 bits per heavy atom. The summed E-state index contributed by atoms with van der Waals surface area (Å²) in [5.74, 6) is 0.429. The minimum Gasteiger partial charge on any atom is -0.493 e. The highest BCUT2D eigenvalue weighted by Gasteiger charge is 2.16. The maximum Gasteiger partial charge on any atom is 0.268 e. The van der Waals surface area contributed by atoms with Crippen molar-refractivity contribution in [3.8, 4) is 5.75 Å². The lowest BCUT2D eigenvalue weighted by molar-refractivity contribution is -0.118. The van der Waals surface area contributed by atoms with Crippen LogP contribution in [0.4, 0.5) is 0 Å². The first-order chi connectivity index (χ1) is 14.2. The molecule has 0 unspecified atom stereocenters. The van der Waals surface area contributed by atoms with Gasteiger partial charge in [0.1, 0.15) is 17.2 Å². The molecule has 6 heteroatoms. The largest absolute Gasteiger partial charge is 0.493 e. The first-order valence-electron chi connectivity index (χ1n) is 9.28. The highest BCUT2D eigenvalue weighted by molar-refractivity contribution is 6.05. The minimum absolute atomic E-state index is 0.109. The lowest BCUT2D eigenvalue weighted by Crippen LogP contribution is -2.34. The van der Waals surface area contributed by atoms with Gasteiger partial charge in [-0.15, -0.1) is 0 Å². The van der Waals surface area contributed by atoms with Gasteiger partial charge in [-0.3, -0.25) is 9.59 Å². The van der Waals surface area contributed by atoms with Crippen LogP contribution >= 0.6 is 0 Å². The van der Waals surface area contributed by atoms with Crippen molar-refractivity contribution in [2.75, 3.05) is 6.61 Å². The van der Waals surface area contributed by atoms with E-state index >= 15 is 0 Å². The van der Waals surface area contributed by atoms with Gasteiger partial charge in [0.2, 0.25) is 0 Å². The van der Waals surface area contributed by atoms with E-state index < -0.39 is 5.91 Å². The van der Waals surface area contributed by atoms with Crippen LogP contribution in [0.2, 0.25) is 0 Å². The number of hydrogen-bond acceptors (Lipinski definition) is 4. The molecule has 1 heterocycles. The molecule has 0 atom stereocenters. The fourth-order valence-electron chi connectivity index (χ4n) is 2.66. The van der Waals surface area contributed by atoms with E-state index in [2.05, 4.69) is 10.6 Å². The summed E-state index contributed by atoms with van der Waals surface area (Å²) in [5, 5.41) is 5.46. The van der Waals surface area contributed by atoms with Gasteiger partial charge in [0.15, 0.2) is 0 Å². The van der Waals surface area contributed by atoms with Crippen LogP contribution < -0.4 is 15.4 Å². The number of benzene rings is 2. The highest BCUT2D eigenvalue weighted by atomic mass is 16.5. The quantitative estimate of drug-likeness (QED) is 0.574. The van der Waals surface area contributed by atoms with Gasteiger partial charge in [-0.05, 0) is 43.3 Å². The van der Waals surface area contributed by atoms with E-state index in [9.17, 15) is 9.59 Å². The van der Waals surface area contributed by atoms with Crippen LogP contribution in [0, 0.1) is 0 Å². The lowest BCUT2D eigenvalue weighted by atomic mass is 10.1. The molecule has 6 nitrogen and oxygen atoms in total. The third-order valence-corrected chi connectivity index (χ3v) is 4.05. The number of hydrogen-bond donors (Lipinski definition) is 2. The Morgan fingerprint density at radius 1 is 1.00 bits per heavy atom. The third-order valence-electron chi connectivity index (χ3n) is 4.05. The molecule has 3 aromatic rings. The molecule has 0 aliphatic heterocycles. The van der Waals surface area contributed by atoms with Gasteiger partial charge in [-0.1, -0.05) is 36.4 Å². The normalized spacial score (nSPS) is 11.0. The van der Waals surface area contributed by atoms with Crippen LogP contribution in [0.3, 0.4) is 0 Å². The number of ether oxygens (including phenoxy) is 1. The van der Waals surface area contributed by atoms with E-state index in [1.165, 1.54) is 6.26 Å². The molecule has 0 aliphatic rings. The summed E-state index contributed by atoms with van der Waals surface area (Å²) in [6.45, 7) is 2.58. The number of nitrogens with one attached hydrogen (secondary N) is 2. The zero-order valence-corrected chi connectivity index (χ0v) is 16.1. The van der Waals surface area contributed by atoms with Crippen molar-refractivity contribution in [3.05, 3.63) is 95.6 Å². The molecule has 0 fully saturated rings. The first-order valence-corrected chi connectivity index (χ1v) is 9.28. The Kier molecular flexibility index (Phi) is 6.84. The summed E-state index contributed by atoms with van der Waals surface area (Å²) in [7, 11) is 0. The average Bonchev–Trinajstić information content (AvgIpc) is 3.27. The van der Waals surface area contributed by atoms with Crippen LogP contribution in [-0.4, -0.2) is 18.4 Å². The molecule has 2 N–H and O–H groups in total. The molecule has 2 amide bonds. The summed E-state index contributed by atoms with van der Waals surface area (Å²) in [6, 6.07) is 19.5. The Morgan fingerprint density at radius 3 is 2.48 bits per heavy atom. The van der Waals surface area contributed by atoms with Gasteiger partial charge in [0.25, 0.3) is 11.8 Å². The van der Waals surface area contributed by atoms with E-state index in [0.717, 1.165) is 0 Å². The van der Waals surface area contributed by atoms with Crippen molar-refractivity contribution in [3.63, 3.8) is 0 Å². The fraction of sp³-hybridized carbons (Fsp3) is 0.130. The van der Waals surface area contributed by atoms with E-state index in [0.29, 0.717) is 29.2 Å². The minimum atomic E-state index is -0.433. The van der Waals surface area contributed by atoms with Gasteiger partial charge in [0, 0.05) is 11.1 Å². The Bertz CT molecular complexity index is 979. The predicted octanol–water partition coefficient (Wildman–Crippen LogP) is 3.77. The van der Waals surface area contributed by atoms with Crippen LogP contribution in [-0.2, 0) is 11.3 Å². The van der Waals surface area contributed by atoms with E-state index in [4.69, 9.17) is 9.15 Å². The van der Waals surface area contributed by atoms with Gasteiger partial charge in [-0.25, -0.2) is 0 Å². The first kappa shape index (κ1) is 19.9. The maximum atomic E-state index is 12.8. The van der Waals surface area contributed by atoms with Gasteiger partial charge in [0.05, 0.1) is 19.4 Å². The third kappa shape index (κ3) is 5.59. The Labute approximate surface area is 169 Å². The molecule has 0 aliphatic carbocycles.